The fourth-order valence-electron chi connectivity index (χ4n) is 3.45. The topological polar surface area (TPSA) is 95.9 Å². The highest BCUT2D eigenvalue weighted by molar-refractivity contribution is 5.77. The maximum atomic E-state index is 11.6. The third-order valence-electron chi connectivity index (χ3n) is 4.76. The van der Waals surface area contributed by atoms with Crippen LogP contribution < -0.4 is 10.1 Å². The average molecular weight is 414 g/mol. The number of carboxylic acids is 2. The van der Waals surface area contributed by atoms with Crippen LogP contribution in [0.3, 0.4) is 0 Å². The molecule has 0 saturated heterocycles. The molecule has 30 heavy (non-hydrogen) atoms. The van der Waals surface area contributed by atoms with Crippen LogP contribution in [0.25, 0.3) is 0 Å². The lowest BCUT2D eigenvalue weighted by molar-refractivity contribution is -0.142. The Bertz CT molecular complexity index is 840. The van der Waals surface area contributed by atoms with Crippen LogP contribution in [0, 0.1) is 19.8 Å². The summed E-state index contributed by atoms with van der Waals surface area (Å²) in [6.45, 7) is 8.37. The van der Waals surface area contributed by atoms with Crippen molar-refractivity contribution in [1.29, 1.82) is 0 Å². The Labute approximate surface area is 177 Å². The van der Waals surface area contributed by atoms with E-state index in [0.717, 1.165) is 11.1 Å². The normalized spacial score (nSPS) is 13.1. The summed E-state index contributed by atoms with van der Waals surface area (Å²) >= 11 is 0. The summed E-state index contributed by atoms with van der Waals surface area (Å²) in [7, 11) is 0. The van der Waals surface area contributed by atoms with Gasteiger partial charge in [0.1, 0.15) is 24.4 Å². The molecule has 2 unspecified atom stereocenters. The third-order valence-corrected chi connectivity index (χ3v) is 4.76. The van der Waals surface area contributed by atoms with Crippen LogP contribution in [0.15, 0.2) is 42.5 Å². The van der Waals surface area contributed by atoms with E-state index in [1.807, 2.05) is 39.8 Å². The molecule has 0 bridgehead atoms. The van der Waals surface area contributed by atoms with E-state index in [2.05, 4.69) is 23.5 Å². The Morgan fingerprint density at radius 2 is 1.47 bits per heavy atom. The van der Waals surface area contributed by atoms with E-state index in [-0.39, 0.29) is 12.3 Å². The number of hydrogen-bond donors (Lipinski definition) is 3. The van der Waals surface area contributed by atoms with Crippen molar-refractivity contribution >= 4 is 11.9 Å². The smallest absolute Gasteiger partial charge is 0.321 e. The Hall–Kier alpha value is -2.86. The van der Waals surface area contributed by atoms with E-state index < -0.39 is 24.0 Å². The molecular formula is C24H31NO5. The van der Waals surface area contributed by atoms with Crippen molar-refractivity contribution in [3.8, 4) is 5.75 Å². The maximum Gasteiger partial charge on any atom is 0.321 e. The van der Waals surface area contributed by atoms with Crippen LogP contribution in [0.4, 0.5) is 0 Å². The number of aryl methyl sites for hydroxylation is 2. The van der Waals surface area contributed by atoms with E-state index in [0.29, 0.717) is 18.8 Å². The van der Waals surface area contributed by atoms with E-state index in [1.54, 1.807) is 12.1 Å². The number of carboxylic acid groups (broad SMARTS) is 2. The molecule has 0 radical (unpaired) electrons. The second-order valence-electron chi connectivity index (χ2n) is 8.21. The summed E-state index contributed by atoms with van der Waals surface area (Å²) < 4.78 is 5.84. The fraction of sp³-hybridized carbons (Fsp3) is 0.417. The molecule has 0 saturated carbocycles. The zero-order valence-corrected chi connectivity index (χ0v) is 18.0. The highest BCUT2D eigenvalue weighted by atomic mass is 16.5. The molecule has 162 valence electrons. The summed E-state index contributed by atoms with van der Waals surface area (Å²) in [6.07, 6.45) is 0.554. The Kier molecular flexibility index (Phi) is 8.42. The van der Waals surface area contributed by atoms with Crippen molar-refractivity contribution in [2.75, 3.05) is 0 Å². The van der Waals surface area contributed by atoms with E-state index in [1.165, 1.54) is 11.1 Å². The number of rotatable bonds is 11. The van der Waals surface area contributed by atoms with Gasteiger partial charge < -0.3 is 14.9 Å². The van der Waals surface area contributed by atoms with Crippen molar-refractivity contribution in [2.45, 2.75) is 59.2 Å². The summed E-state index contributed by atoms with van der Waals surface area (Å²) in [5.74, 6) is -1.27. The first kappa shape index (κ1) is 23.4. The van der Waals surface area contributed by atoms with E-state index in [4.69, 9.17) is 4.74 Å². The predicted octanol–water partition coefficient (Wildman–Crippen LogP) is 3.97. The predicted molar refractivity (Wildman–Crippen MR) is 116 cm³/mol. The summed E-state index contributed by atoms with van der Waals surface area (Å²) in [5, 5.41) is 21.7. The Morgan fingerprint density at radius 1 is 0.900 bits per heavy atom. The van der Waals surface area contributed by atoms with Crippen molar-refractivity contribution in [2.24, 2.45) is 5.92 Å². The summed E-state index contributed by atoms with van der Waals surface area (Å²) in [6, 6.07) is 11.6. The molecule has 2 rings (SSSR count). The lowest BCUT2D eigenvalue weighted by atomic mass is 10.0. The van der Waals surface area contributed by atoms with Crippen LogP contribution in [-0.4, -0.2) is 34.2 Å². The average Bonchev–Trinajstić information content (AvgIpc) is 2.65. The molecule has 0 heterocycles. The molecule has 0 amide bonds. The number of aliphatic carboxylic acids is 2. The number of benzene rings is 2. The van der Waals surface area contributed by atoms with Gasteiger partial charge in [0.2, 0.25) is 0 Å². The van der Waals surface area contributed by atoms with Crippen LogP contribution in [-0.2, 0) is 22.6 Å². The molecule has 2 aromatic carbocycles. The number of hydrogen-bond acceptors (Lipinski definition) is 4. The Morgan fingerprint density at radius 3 is 1.97 bits per heavy atom. The van der Waals surface area contributed by atoms with E-state index >= 15 is 0 Å². The SMILES string of the molecule is Cc1cc(C)cc(COc2ccc(CC(NC(CC(C)C)C(=O)O)C(=O)O)cc2)c1. The minimum absolute atomic E-state index is 0.140. The van der Waals surface area contributed by atoms with Gasteiger partial charge >= 0.3 is 11.9 Å². The minimum atomic E-state index is -1.07. The van der Waals surface area contributed by atoms with Gasteiger partial charge in [0.05, 0.1) is 0 Å². The molecule has 0 aliphatic heterocycles. The summed E-state index contributed by atoms with van der Waals surface area (Å²) in [5.41, 5.74) is 4.26. The molecule has 0 aromatic heterocycles. The van der Waals surface area contributed by atoms with Crippen molar-refractivity contribution < 1.29 is 24.5 Å². The molecule has 6 heteroatoms. The molecular weight excluding hydrogens is 382 g/mol. The van der Waals surface area contributed by atoms with Gasteiger partial charge in [-0.1, -0.05) is 55.3 Å². The van der Waals surface area contributed by atoms with E-state index in [9.17, 15) is 19.8 Å². The van der Waals surface area contributed by atoms with Crippen LogP contribution in [0.2, 0.25) is 0 Å². The monoisotopic (exact) mass is 413 g/mol. The quantitative estimate of drug-likeness (QED) is 0.516. The van der Waals surface area contributed by atoms with Gasteiger partial charge in [-0.3, -0.25) is 14.9 Å². The van der Waals surface area contributed by atoms with Gasteiger partial charge in [0.15, 0.2) is 0 Å². The Balaban J connectivity index is 1.99. The van der Waals surface area contributed by atoms with Crippen LogP contribution in [0.5, 0.6) is 5.75 Å². The second-order valence-corrected chi connectivity index (χ2v) is 8.21. The first-order chi connectivity index (χ1) is 14.1. The number of carbonyl (C=O) groups is 2. The van der Waals surface area contributed by atoms with Gasteiger partial charge in [0.25, 0.3) is 0 Å². The molecule has 0 aliphatic carbocycles. The highest BCUT2D eigenvalue weighted by Crippen LogP contribution is 2.17. The van der Waals surface area contributed by atoms with Crippen molar-refractivity contribution in [1.82, 2.24) is 5.32 Å². The van der Waals surface area contributed by atoms with Crippen LogP contribution in [0.1, 0.15) is 42.5 Å². The van der Waals surface area contributed by atoms with Gasteiger partial charge in [-0.2, -0.15) is 0 Å². The number of nitrogens with one attached hydrogen (secondary N) is 1. The van der Waals surface area contributed by atoms with Gasteiger partial charge in [-0.05, 0) is 55.9 Å². The molecule has 0 fully saturated rings. The number of ether oxygens (including phenoxy) is 1. The first-order valence-electron chi connectivity index (χ1n) is 10.1. The molecule has 2 aromatic rings. The van der Waals surface area contributed by atoms with Gasteiger partial charge in [-0.15, -0.1) is 0 Å². The maximum absolute atomic E-state index is 11.6. The minimum Gasteiger partial charge on any atom is -0.489 e. The van der Waals surface area contributed by atoms with Crippen LogP contribution >= 0.6 is 0 Å². The molecule has 3 N–H and O–H groups in total. The third kappa shape index (κ3) is 7.52. The first-order valence-corrected chi connectivity index (χ1v) is 10.1. The van der Waals surface area contributed by atoms with Gasteiger partial charge in [-0.25, -0.2) is 0 Å². The molecule has 0 spiro atoms. The standard InChI is InChI=1S/C24H31NO5/c1-15(2)9-21(23(26)27)25-22(24(28)29)13-18-5-7-20(8-6-18)30-14-19-11-16(3)10-17(4)12-19/h5-8,10-12,15,21-22,25H,9,13-14H2,1-4H3,(H,26,27)(H,28,29). The molecule has 0 aliphatic rings. The van der Waals surface area contributed by atoms with Crippen molar-refractivity contribution in [3.05, 3.63) is 64.7 Å². The molecule has 2 atom stereocenters. The van der Waals surface area contributed by atoms with Gasteiger partial charge in [0, 0.05) is 0 Å². The molecule has 6 nitrogen and oxygen atoms in total. The zero-order chi connectivity index (χ0) is 22.3. The highest BCUT2D eigenvalue weighted by Gasteiger charge is 2.26. The summed E-state index contributed by atoms with van der Waals surface area (Å²) in [4.78, 5) is 23.1. The lowest BCUT2D eigenvalue weighted by Crippen LogP contribution is -2.48. The van der Waals surface area contributed by atoms with Crippen molar-refractivity contribution in [3.63, 3.8) is 0 Å². The fourth-order valence-corrected chi connectivity index (χ4v) is 3.45. The zero-order valence-electron chi connectivity index (χ0n) is 18.0. The lowest BCUT2D eigenvalue weighted by Gasteiger charge is -2.22. The second kappa shape index (κ2) is 10.8. The largest absolute Gasteiger partial charge is 0.489 e.